The fourth-order valence-corrected chi connectivity index (χ4v) is 1.90. The summed E-state index contributed by atoms with van der Waals surface area (Å²) in [6, 6.07) is 12.7. The molecule has 0 spiro atoms. The van der Waals surface area contributed by atoms with Crippen LogP contribution in [0.3, 0.4) is 0 Å². The van der Waals surface area contributed by atoms with Gasteiger partial charge in [-0.3, -0.25) is 4.79 Å². The first-order valence-corrected chi connectivity index (χ1v) is 6.60. The first-order chi connectivity index (χ1) is 10.1. The number of nitrogens with zero attached hydrogens (tertiary/aromatic N) is 1. The molecule has 2 aromatic rings. The molecule has 0 bridgehead atoms. The number of carboxylic acids is 1. The van der Waals surface area contributed by atoms with E-state index in [1.54, 1.807) is 0 Å². The van der Waals surface area contributed by atoms with E-state index in [2.05, 4.69) is 10.3 Å². The fraction of sp³-hybridized carbons (Fsp3) is 0.188. The molecule has 0 saturated carbocycles. The summed E-state index contributed by atoms with van der Waals surface area (Å²) in [5, 5.41) is 11.6. The van der Waals surface area contributed by atoms with E-state index < -0.39 is 5.97 Å². The number of amides is 1. The number of aromatic nitrogens is 1. The summed E-state index contributed by atoms with van der Waals surface area (Å²) in [5.74, 6) is -1.18. The number of benzene rings is 1. The Labute approximate surface area is 122 Å². The zero-order valence-corrected chi connectivity index (χ0v) is 11.6. The molecule has 1 amide bonds. The molecule has 1 aromatic carbocycles. The van der Waals surface area contributed by atoms with Gasteiger partial charge in [-0.2, -0.15) is 0 Å². The SMILES string of the molecule is CC(CNC(=O)c1ccc(C(=O)O)nc1)c1ccccc1. The number of carboxylic acid groups (broad SMARTS) is 1. The molecule has 0 fully saturated rings. The van der Waals surface area contributed by atoms with Crippen LogP contribution in [-0.4, -0.2) is 28.5 Å². The molecule has 0 saturated heterocycles. The quantitative estimate of drug-likeness (QED) is 0.883. The van der Waals surface area contributed by atoms with Gasteiger partial charge in [0.1, 0.15) is 5.69 Å². The Kier molecular flexibility index (Phi) is 4.66. The third-order valence-electron chi connectivity index (χ3n) is 3.18. The standard InChI is InChI=1S/C16H16N2O3/c1-11(12-5-3-2-4-6-12)9-18-15(19)13-7-8-14(16(20)21)17-10-13/h2-8,10-11H,9H2,1H3,(H,18,19)(H,20,21). The Balaban J connectivity index is 1.94. The first kappa shape index (κ1) is 14.7. The van der Waals surface area contributed by atoms with E-state index in [9.17, 15) is 9.59 Å². The lowest BCUT2D eigenvalue weighted by Gasteiger charge is -2.13. The lowest BCUT2D eigenvalue weighted by atomic mass is 10.0. The normalized spacial score (nSPS) is 11.7. The number of aromatic carboxylic acids is 1. The maximum Gasteiger partial charge on any atom is 0.354 e. The van der Waals surface area contributed by atoms with Crippen LogP contribution in [0.1, 0.15) is 39.3 Å². The lowest BCUT2D eigenvalue weighted by Crippen LogP contribution is -2.27. The number of carbonyl (C=O) groups is 2. The van der Waals surface area contributed by atoms with Crippen molar-refractivity contribution < 1.29 is 14.7 Å². The molecule has 1 aromatic heterocycles. The predicted octanol–water partition coefficient (Wildman–Crippen LogP) is 2.31. The van der Waals surface area contributed by atoms with Gasteiger partial charge in [0.25, 0.3) is 5.91 Å². The van der Waals surface area contributed by atoms with Crippen LogP contribution < -0.4 is 5.32 Å². The maximum atomic E-state index is 12.0. The molecule has 1 heterocycles. The molecular weight excluding hydrogens is 268 g/mol. The molecule has 0 radical (unpaired) electrons. The Hall–Kier alpha value is -2.69. The largest absolute Gasteiger partial charge is 0.477 e. The van der Waals surface area contributed by atoms with Gasteiger partial charge in [0.2, 0.25) is 0 Å². The fourth-order valence-electron chi connectivity index (χ4n) is 1.90. The minimum atomic E-state index is -1.11. The van der Waals surface area contributed by atoms with Crippen molar-refractivity contribution in [3.05, 3.63) is 65.5 Å². The molecule has 0 aliphatic heterocycles. The summed E-state index contributed by atoms with van der Waals surface area (Å²) in [6.45, 7) is 2.53. The highest BCUT2D eigenvalue weighted by Crippen LogP contribution is 2.13. The van der Waals surface area contributed by atoms with Crippen LogP contribution in [0.4, 0.5) is 0 Å². The van der Waals surface area contributed by atoms with Crippen molar-refractivity contribution in [1.29, 1.82) is 0 Å². The van der Waals surface area contributed by atoms with Gasteiger partial charge in [-0.1, -0.05) is 37.3 Å². The Morgan fingerprint density at radius 2 is 1.90 bits per heavy atom. The molecule has 1 unspecified atom stereocenters. The summed E-state index contributed by atoms with van der Waals surface area (Å²) in [7, 11) is 0. The molecule has 1 atom stereocenters. The van der Waals surface area contributed by atoms with Gasteiger partial charge in [0, 0.05) is 12.7 Å². The lowest BCUT2D eigenvalue weighted by molar-refractivity contribution is 0.0689. The minimum absolute atomic E-state index is 0.0794. The van der Waals surface area contributed by atoms with Crippen molar-refractivity contribution in [2.45, 2.75) is 12.8 Å². The predicted molar refractivity (Wildman–Crippen MR) is 78.4 cm³/mol. The zero-order valence-electron chi connectivity index (χ0n) is 11.6. The monoisotopic (exact) mass is 284 g/mol. The number of nitrogens with one attached hydrogen (secondary N) is 1. The van der Waals surface area contributed by atoms with Gasteiger partial charge in [0.05, 0.1) is 5.56 Å². The number of carbonyl (C=O) groups excluding carboxylic acids is 1. The van der Waals surface area contributed by atoms with E-state index in [0.717, 1.165) is 5.56 Å². The average molecular weight is 284 g/mol. The summed E-state index contributed by atoms with van der Waals surface area (Å²) in [5.41, 5.74) is 1.42. The highest BCUT2D eigenvalue weighted by molar-refractivity contribution is 5.94. The molecule has 0 aliphatic rings. The molecule has 5 heteroatoms. The van der Waals surface area contributed by atoms with Gasteiger partial charge < -0.3 is 10.4 Å². The highest BCUT2D eigenvalue weighted by Gasteiger charge is 2.11. The summed E-state index contributed by atoms with van der Waals surface area (Å²) in [6.07, 6.45) is 1.27. The van der Waals surface area contributed by atoms with E-state index >= 15 is 0 Å². The molecule has 2 rings (SSSR count). The van der Waals surface area contributed by atoms with Gasteiger partial charge >= 0.3 is 5.97 Å². The van der Waals surface area contributed by atoms with Gasteiger partial charge in [-0.25, -0.2) is 9.78 Å². The van der Waals surface area contributed by atoms with Gasteiger partial charge in [0.15, 0.2) is 0 Å². The second-order valence-corrected chi connectivity index (χ2v) is 4.76. The van der Waals surface area contributed by atoms with Crippen LogP contribution in [0, 0.1) is 0 Å². The molecular formula is C16H16N2O3. The van der Waals surface area contributed by atoms with E-state index in [-0.39, 0.29) is 17.5 Å². The van der Waals surface area contributed by atoms with E-state index in [4.69, 9.17) is 5.11 Å². The Morgan fingerprint density at radius 3 is 2.48 bits per heavy atom. The van der Waals surface area contributed by atoms with Crippen molar-refractivity contribution >= 4 is 11.9 Å². The van der Waals surface area contributed by atoms with Crippen LogP contribution in [-0.2, 0) is 0 Å². The van der Waals surface area contributed by atoms with Gasteiger partial charge in [-0.05, 0) is 23.6 Å². The third kappa shape index (κ3) is 3.89. The van der Waals surface area contributed by atoms with Crippen molar-refractivity contribution in [2.75, 3.05) is 6.54 Å². The van der Waals surface area contributed by atoms with Crippen molar-refractivity contribution in [2.24, 2.45) is 0 Å². The molecule has 21 heavy (non-hydrogen) atoms. The number of hydrogen-bond donors (Lipinski definition) is 2. The van der Waals surface area contributed by atoms with E-state index in [1.807, 2.05) is 37.3 Å². The molecule has 0 aliphatic carbocycles. The van der Waals surface area contributed by atoms with E-state index in [1.165, 1.54) is 18.3 Å². The summed E-state index contributed by atoms with van der Waals surface area (Å²) < 4.78 is 0. The second kappa shape index (κ2) is 6.65. The summed E-state index contributed by atoms with van der Waals surface area (Å²) >= 11 is 0. The van der Waals surface area contributed by atoms with Crippen molar-refractivity contribution in [1.82, 2.24) is 10.3 Å². The van der Waals surface area contributed by atoms with Crippen LogP contribution in [0.2, 0.25) is 0 Å². The van der Waals surface area contributed by atoms with Crippen LogP contribution in [0.25, 0.3) is 0 Å². The van der Waals surface area contributed by atoms with Crippen LogP contribution in [0.5, 0.6) is 0 Å². The van der Waals surface area contributed by atoms with Crippen molar-refractivity contribution in [3.8, 4) is 0 Å². The van der Waals surface area contributed by atoms with Crippen LogP contribution >= 0.6 is 0 Å². The molecule has 108 valence electrons. The van der Waals surface area contributed by atoms with Crippen molar-refractivity contribution in [3.63, 3.8) is 0 Å². The smallest absolute Gasteiger partial charge is 0.354 e. The average Bonchev–Trinajstić information content (AvgIpc) is 2.53. The number of rotatable bonds is 5. The number of pyridine rings is 1. The maximum absolute atomic E-state index is 12.0. The van der Waals surface area contributed by atoms with Crippen LogP contribution in [0.15, 0.2) is 48.7 Å². The molecule has 2 N–H and O–H groups in total. The second-order valence-electron chi connectivity index (χ2n) is 4.76. The minimum Gasteiger partial charge on any atom is -0.477 e. The van der Waals surface area contributed by atoms with Gasteiger partial charge in [-0.15, -0.1) is 0 Å². The summed E-state index contributed by atoms with van der Waals surface area (Å²) in [4.78, 5) is 26.4. The Bertz CT molecular complexity index is 624. The molecule has 5 nitrogen and oxygen atoms in total. The first-order valence-electron chi connectivity index (χ1n) is 6.60. The van der Waals surface area contributed by atoms with E-state index in [0.29, 0.717) is 12.1 Å². The third-order valence-corrected chi connectivity index (χ3v) is 3.18. The highest BCUT2D eigenvalue weighted by atomic mass is 16.4. The number of hydrogen-bond acceptors (Lipinski definition) is 3. The Morgan fingerprint density at radius 1 is 1.19 bits per heavy atom. The topological polar surface area (TPSA) is 79.3 Å². The zero-order chi connectivity index (χ0) is 15.2.